The fourth-order valence-electron chi connectivity index (χ4n) is 4.73. The number of rotatable bonds is 7. The Kier molecular flexibility index (Phi) is 7.53. The number of fused-ring (bicyclic) bond motifs is 2. The smallest absolute Gasteiger partial charge is 0.379 e. The zero-order valence-electron chi connectivity index (χ0n) is 21.6. The number of amides is 1. The predicted molar refractivity (Wildman–Crippen MR) is 146 cm³/mol. The van der Waals surface area contributed by atoms with Crippen molar-refractivity contribution in [3.05, 3.63) is 78.7 Å². The fourth-order valence-corrected chi connectivity index (χ4v) is 4.73. The molecule has 208 valence electrons. The van der Waals surface area contributed by atoms with Crippen molar-refractivity contribution in [3.63, 3.8) is 0 Å². The van der Waals surface area contributed by atoms with Gasteiger partial charge in [0.25, 0.3) is 5.91 Å². The van der Waals surface area contributed by atoms with Crippen molar-refractivity contribution < 1.29 is 22.4 Å². The highest BCUT2D eigenvalue weighted by atomic mass is 19.4. The molecule has 0 bridgehead atoms. The summed E-state index contributed by atoms with van der Waals surface area (Å²) in [6, 6.07) is 6.03. The molecule has 40 heavy (non-hydrogen) atoms. The number of hydrogen-bond donors (Lipinski definition) is 2. The van der Waals surface area contributed by atoms with Crippen molar-refractivity contribution >= 4 is 39.5 Å². The van der Waals surface area contributed by atoms with E-state index in [4.69, 9.17) is 0 Å². The molecule has 2 atom stereocenters. The van der Waals surface area contributed by atoms with Crippen LogP contribution < -0.4 is 10.6 Å². The van der Waals surface area contributed by atoms with Gasteiger partial charge in [0.15, 0.2) is 0 Å². The number of pyridine rings is 1. The highest BCUT2D eigenvalue weighted by Crippen LogP contribution is 2.37. The van der Waals surface area contributed by atoms with Crippen molar-refractivity contribution in [3.8, 4) is 0 Å². The first kappa shape index (κ1) is 27.3. The highest BCUT2D eigenvalue weighted by Gasteiger charge is 2.35. The number of hydrogen-bond acceptors (Lipinski definition) is 6. The number of alkyl halides is 4. The number of halogens is 4. The topological polar surface area (TPSA) is 87.5 Å². The summed E-state index contributed by atoms with van der Waals surface area (Å²) in [5.41, 5.74) is 0.231. The second kappa shape index (κ2) is 11.0. The monoisotopic (exact) mass is 553 g/mol. The van der Waals surface area contributed by atoms with Crippen LogP contribution in [0, 0.1) is 0 Å². The van der Waals surface area contributed by atoms with Crippen LogP contribution in [0.1, 0.15) is 28.2 Å². The molecule has 1 fully saturated rings. The molecule has 1 aliphatic rings. The first-order valence-electron chi connectivity index (χ1n) is 12.6. The molecule has 1 aromatic carbocycles. The average molecular weight is 554 g/mol. The van der Waals surface area contributed by atoms with Crippen LogP contribution >= 0.6 is 0 Å². The van der Waals surface area contributed by atoms with E-state index >= 15 is 0 Å². The average Bonchev–Trinajstić information content (AvgIpc) is 3.36. The Balaban J connectivity index is 1.42. The minimum Gasteiger partial charge on any atom is -0.379 e. The van der Waals surface area contributed by atoms with Gasteiger partial charge >= 0.3 is 6.18 Å². The van der Waals surface area contributed by atoms with Crippen molar-refractivity contribution in [2.24, 2.45) is 0 Å². The third kappa shape index (κ3) is 5.67. The van der Waals surface area contributed by atoms with Crippen LogP contribution in [0.15, 0.2) is 61.7 Å². The number of nitrogens with zero attached hydrogens (tertiary/aromatic N) is 5. The van der Waals surface area contributed by atoms with E-state index in [0.717, 1.165) is 0 Å². The third-order valence-electron chi connectivity index (χ3n) is 6.85. The second-order valence-electron chi connectivity index (χ2n) is 9.67. The van der Waals surface area contributed by atoms with Crippen molar-refractivity contribution in [1.82, 2.24) is 29.8 Å². The van der Waals surface area contributed by atoms with Gasteiger partial charge in [0.1, 0.15) is 6.17 Å². The zero-order chi connectivity index (χ0) is 28.4. The number of carbonyl (C=O) groups excluding carboxylic acids is 1. The van der Waals surface area contributed by atoms with Gasteiger partial charge < -0.3 is 15.5 Å². The van der Waals surface area contributed by atoms with Gasteiger partial charge in [-0.05, 0) is 31.7 Å². The van der Waals surface area contributed by atoms with Crippen LogP contribution in [0.5, 0.6) is 0 Å². The van der Waals surface area contributed by atoms with E-state index in [1.165, 1.54) is 23.0 Å². The molecule has 1 amide bonds. The Bertz CT molecular complexity index is 1600. The molecule has 12 heteroatoms. The molecule has 4 aromatic rings. The van der Waals surface area contributed by atoms with E-state index in [1.807, 2.05) is 11.9 Å². The maximum Gasteiger partial charge on any atom is 0.417 e. The predicted octanol–water partition coefficient (Wildman–Crippen LogP) is 4.75. The summed E-state index contributed by atoms with van der Waals surface area (Å²) in [6.45, 7) is 4.32. The number of piperidine rings is 1. The summed E-state index contributed by atoms with van der Waals surface area (Å²) < 4.78 is 57.4. The van der Waals surface area contributed by atoms with Gasteiger partial charge in [-0.3, -0.25) is 9.78 Å². The van der Waals surface area contributed by atoms with Gasteiger partial charge in [-0.2, -0.15) is 18.3 Å². The van der Waals surface area contributed by atoms with E-state index in [0.29, 0.717) is 35.1 Å². The standard InChI is InChI=1S/C28H27F4N7O/c1-17(28(30,31)32)26-19-6-3-7-23(37-24-8-11-38(2)16-22(24)29)20(19)13-18(36-26)5-4-9-34-27(40)21-14-35-39-12-10-33-15-25(21)39/h3-7,10,12-15,22,24,37H,1,8-9,11,16H2,2H3,(H,34,40)/b5-4+/t22-,24+/m0/s1. The molecule has 0 aliphatic carbocycles. The maximum atomic E-state index is 14.8. The molecular weight excluding hydrogens is 526 g/mol. The molecule has 0 spiro atoms. The molecule has 2 N–H and O–H groups in total. The second-order valence-corrected chi connectivity index (χ2v) is 9.67. The largest absolute Gasteiger partial charge is 0.417 e. The van der Waals surface area contributed by atoms with E-state index < -0.39 is 24.0 Å². The van der Waals surface area contributed by atoms with Crippen LogP contribution in [0.2, 0.25) is 0 Å². The van der Waals surface area contributed by atoms with Gasteiger partial charge in [-0.25, -0.2) is 13.9 Å². The van der Waals surface area contributed by atoms with Gasteiger partial charge in [0, 0.05) is 48.5 Å². The molecule has 1 aliphatic heterocycles. The molecule has 0 radical (unpaired) electrons. The van der Waals surface area contributed by atoms with Crippen LogP contribution in [0.4, 0.5) is 23.2 Å². The number of likely N-dealkylation sites (tertiary alicyclic amines) is 1. The van der Waals surface area contributed by atoms with E-state index in [1.54, 1.807) is 42.7 Å². The zero-order valence-corrected chi connectivity index (χ0v) is 21.6. The number of nitrogens with one attached hydrogen (secondary N) is 2. The van der Waals surface area contributed by atoms with Crippen LogP contribution in [0.25, 0.3) is 27.9 Å². The minimum atomic E-state index is -4.69. The lowest BCUT2D eigenvalue weighted by molar-refractivity contribution is -0.0688. The summed E-state index contributed by atoms with van der Waals surface area (Å²) in [7, 11) is 1.84. The number of carbonyl (C=O) groups is 1. The highest BCUT2D eigenvalue weighted by molar-refractivity contribution is 6.01. The molecule has 8 nitrogen and oxygen atoms in total. The van der Waals surface area contributed by atoms with Crippen molar-refractivity contribution in [2.45, 2.75) is 24.8 Å². The summed E-state index contributed by atoms with van der Waals surface area (Å²) in [4.78, 5) is 22.8. The third-order valence-corrected chi connectivity index (χ3v) is 6.85. The van der Waals surface area contributed by atoms with E-state index in [-0.39, 0.29) is 35.8 Å². The first-order valence-corrected chi connectivity index (χ1v) is 12.6. The van der Waals surface area contributed by atoms with Crippen LogP contribution in [0.3, 0.4) is 0 Å². The normalized spacial score (nSPS) is 18.4. The Hall–Kier alpha value is -4.32. The van der Waals surface area contributed by atoms with Crippen LogP contribution in [-0.4, -0.2) is 75.5 Å². The molecule has 4 heterocycles. The number of allylic oxidation sites excluding steroid dienone is 1. The SMILES string of the molecule is C=C(c1nc(/C=C/CNC(=O)c2cnn3ccncc23)cc2c(N[C@@H]3CCN(C)C[C@@H]3F)cccc12)C(F)(F)F. The van der Waals surface area contributed by atoms with Gasteiger partial charge in [0.05, 0.1) is 46.5 Å². The lowest BCUT2D eigenvalue weighted by Gasteiger charge is -2.33. The lowest BCUT2D eigenvalue weighted by atomic mass is 9.99. The molecule has 0 unspecified atom stereocenters. The Morgan fingerprint density at radius 2 is 2.08 bits per heavy atom. The van der Waals surface area contributed by atoms with E-state index in [9.17, 15) is 22.4 Å². The summed E-state index contributed by atoms with van der Waals surface area (Å²) in [6.07, 6.45) is 3.95. The number of anilines is 1. The summed E-state index contributed by atoms with van der Waals surface area (Å²) >= 11 is 0. The van der Waals surface area contributed by atoms with Gasteiger partial charge in [-0.15, -0.1) is 0 Å². The maximum absolute atomic E-state index is 14.8. The molecule has 5 rings (SSSR count). The summed E-state index contributed by atoms with van der Waals surface area (Å²) in [5.74, 6) is -0.379. The minimum absolute atomic E-state index is 0.0880. The molecule has 0 saturated carbocycles. The number of aromatic nitrogens is 4. The van der Waals surface area contributed by atoms with Crippen molar-refractivity contribution in [1.29, 1.82) is 0 Å². The number of benzene rings is 1. The molecule has 3 aromatic heterocycles. The molecular formula is C28H27F4N7O. The Morgan fingerprint density at radius 1 is 1.25 bits per heavy atom. The Morgan fingerprint density at radius 3 is 2.85 bits per heavy atom. The van der Waals surface area contributed by atoms with Crippen molar-refractivity contribution in [2.75, 3.05) is 32.0 Å². The fraction of sp³-hybridized carbons (Fsp3) is 0.286. The van der Waals surface area contributed by atoms with E-state index in [2.05, 4.69) is 32.3 Å². The molecule has 1 saturated heterocycles. The Labute approximate surface area is 227 Å². The van der Waals surface area contributed by atoms with Gasteiger partial charge in [-0.1, -0.05) is 24.8 Å². The first-order chi connectivity index (χ1) is 19.1. The quantitative estimate of drug-likeness (QED) is 0.321. The van der Waals surface area contributed by atoms with Crippen LogP contribution in [-0.2, 0) is 0 Å². The summed E-state index contributed by atoms with van der Waals surface area (Å²) in [5, 5.41) is 10.8. The lowest BCUT2D eigenvalue weighted by Crippen LogP contribution is -2.46. The van der Waals surface area contributed by atoms with Gasteiger partial charge in [0.2, 0.25) is 0 Å².